The quantitative estimate of drug-likeness (QED) is 0.689. The van der Waals surface area contributed by atoms with Gasteiger partial charge in [-0.2, -0.15) is 0 Å². The molecule has 1 aromatic heterocycles. The smallest absolute Gasteiger partial charge is 0.254 e. The van der Waals surface area contributed by atoms with Gasteiger partial charge in [-0.3, -0.25) is 0 Å². The fraction of sp³-hybridized carbons (Fsp3) is 0.222. The normalized spacial score (nSPS) is 10.5. The topological polar surface area (TPSA) is 66.6 Å². The average molecular weight is 326 g/mol. The Balaban J connectivity index is 1.72. The molecule has 124 valence electrons. The molecule has 0 amide bonds. The minimum absolute atomic E-state index is 0.163. The molecule has 1 heterocycles. The summed E-state index contributed by atoms with van der Waals surface area (Å²) in [6, 6.07) is 13.1. The highest BCUT2D eigenvalue weighted by molar-refractivity contribution is 5.55. The highest BCUT2D eigenvalue weighted by Crippen LogP contribution is 2.29. The minimum Gasteiger partial charge on any atom is -0.497 e. The van der Waals surface area contributed by atoms with Gasteiger partial charge in [0, 0.05) is 5.56 Å². The van der Waals surface area contributed by atoms with E-state index in [1.54, 1.807) is 14.2 Å². The van der Waals surface area contributed by atoms with Crippen LogP contribution in [-0.2, 0) is 6.61 Å². The van der Waals surface area contributed by atoms with Gasteiger partial charge in [-0.25, -0.2) is 0 Å². The van der Waals surface area contributed by atoms with E-state index in [9.17, 15) is 0 Å². The predicted octanol–water partition coefficient (Wildman–Crippen LogP) is 3.64. The molecule has 0 atom stereocenters. The summed E-state index contributed by atoms with van der Waals surface area (Å²) >= 11 is 0. The maximum absolute atomic E-state index is 5.72. The van der Waals surface area contributed by atoms with Crippen LogP contribution in [0.5, 0.6) is 17.2 Å². The largest absolute Gasteiger partial charge is 0.497 e. The van der Waals surface area contributed by atoms with Crippen molar-refractivity contribution >= 4 is 0 Å². The van der Waals surface area contributed by atoms with Crippen molar-refractivity contribution in [2.75, 3.05) is 14.2 Å². The minimum atomic E-state index is 0.163. The molecule has 0 spiro atoms. The molecule has 6 nitrogen and oxygen atoms in total. The Hall–Kier alpha value is -3.02. The molecule has 6 heteroatoms. The molecular weight excluding hydrogens is 308 g/mol. The van der Waals surface area contributed by atoms with Crippen molar-refractivity contribution < 1.29 is 18.6 Å². The molecule has 0 bridgehead atoms. The summed E-state index contributed by atoms with van der Waals surface area (Å²) in [5.41, 5.74) is 1.89. The zero-order valence-electron chi connectivity index (χ0n) is 13.8. The third kappa shape index (κ3) is 3.48. The molecule has 2 aromatic carbocycles. The molecule has 24 heavy (non-hydrogen) atoms. The van der Waals surface area contributed by atoms with Gasteiger partial charge in [0.05, 0.1) is 14.2 Å². The molecule has 0 aliphatic rings. The van der Waals surface area contributed by atoms with Crippen LogP contribution in [0.4, 0.5) is 0 Å². The lowest BCUT2D eigenvalue weighted by Crippen LogP contribution is -1.98. The van der Waals surface area contributed by atoms with Gasteiger partial charge in [0.15, 0.2) is 18.1 Å². The lowest BCUT2D eigenvalue weighted by molar-refractivity contribution is 0.251. The van der Waals surface area contributed by atoms with Crippen LogP contribution in [0.2, 0.25) is 0 Å². The van der Waals surface area contributed by atoms with E-state index in [0.717, 1.165) is 16.9 Å². The van der Waals surface area contributed by atoms with Crippen LogP contribution in [0.25, 0.3) is 11.5 Å². The Labute approximate surface area is 140 Å². The number of hydrogen-bond donors (Lipinski definition) is 0. The van der Waals surface area contributed by atoms with E-state index < -0.39 is 0 Å². The highest BCUT2D eigenvalue weighted by Gasteiger charge is 2.11. The van der Waals surface area contributed by atoms with E-state index in [1.165, 1.54) is 0 Å². The summed E-state index contributed by atoms with van der Waals surface area (Å²) in [5.74, 6) is 2.83. The first kappa shape index (κ1) is 15.9. The second-order valence-electron chi connectivity index (χ2n) is 5.18. The number of aryl methyl sites for hydroxylation is 1. The van der Waals surface area contributed by atoms with E-state index in [-0.39, 0.29) is 6.61 Å². The summed E-state index contributed by atoms with van der Waals surface area (Å²) in [6.45, 7) is 2.15. The van der Waals surface area contributed by atoms with Crippen molar-refractivity contribution in [2.45, 2.75) is 13.5 Å². The first-order valence-electron chi connectivity index (χ1n) is 7.44. The van der Waals surface area contributed by atoms with Crippen LogP contribution < -0.4 is 14.2 Å². The maximum atomic E-state index is 5.72. The van der Waals surface area contributed by atoms with Crippen LogP contribution in [0.3, 0.4) is 0 Å². The van der Waals surface area contributed by atoms with E-state index in [2.05, 4.69) is 10.2 Å². The number of aromatic nitrogens is 2. The number of methoxy groups -OCH3 is 2. The molecule has 0 saturated carbocycles. The van der Waals surface area contributed by atoms with Crippen molar-refractivity contribution in [3.63, 3.8) is 0 Å². The van der Waals surface area contributed by atoms with Gasteiger partial charge in [-0.05, 0) is 42.8 Å². The molecule has 3 aromatic rings. The van der Waals surface area contributed by atoms with Gasteiger partial charge in [0.1, 0.15) is 5.75 Å². The van der Waals surface area contributed by atoms with Crippen LogP contribution >= 0.6 is 0 Å². The van der Waals surface area contributed by atoms with Crippen molar-refractivity contribution in [2.24, 2.45) is 0 Å². The summed E-state index contributed by atoms with van der Waals surface area (Å²) in [5, 5.41) is 8.06. The van der Waals surface area contributed by atoms with Crippen LogP contribution in [0, 0.1) is 6.92 Å². The highest BCUT2D eigenvalue weighted by atomic mass is 16.5. The Morgan fingerprint density at radius 2 is 1.83 bits per heavy atom. The van der Waals surface area contributed by atoms with E-state index in [1.807, 2.05) is 49.4 Å². The van der Waals surface area contributed by atoms with E-state index in [0.29, 0.717) is 23.3 Å². The Morgan fingerprint density at radius 1 is 0.958 bits per heavy atom. The molecule has 0 saturated heterocycles. The Kier molecular flexibility index (Phi) is 4.65. The summed E-state index contributed by atoms with van der Waals surface area (Å²) in [7, 11) is 3.22. The van der Waals surface area contributed by atoms with Gasteiger partial charge in [-0.15, -0.1) is 10.2 Å². The predicted molar refractivity (Wildman–Crippen MR) is 88.3 cm³/mol. The van der Waals surface area contributed by atoms with E-state index >= 15 is 0 Å². The SMILES string of the molecule is COc1cccc(-c2nnc(COc3ccc(C)cc3OC)o2)c1. The standard InChI is InChI=1S/C18H18N2O4/c1-12-7-8-15(16(9-12)22-3)23-11-17-19-20-18(24-17)13-5-4-6-14(10-13)21-2/h4-10H,11H2,1-3H3. The third-order valence-electron chi connectivity index (χ3n) is 3.45. The van der Waals surface area contributed by atoms with Crippen molar-refractivity contribution in [3.05, 3.63) is 53.9 Å². The van der Waals surface area contributed by atoms with Gasteiger partial charge < -0.3 is 18.6 Å². The van der Waals surface area contributed by atoms with Gasteiger partial charge >= 0.3 is 0 Å². The van der Waals surface area contributed by atoms with E-state index in [4.69, 9.17) is 18.6 Å². The first-order chi connectivity index (χ1) is 11.7. The van der Waals surface area contributed by atoms with Gasteiger partial charge in [-0.1, -0.05) is 12.1 Å². The molecule has 0 aliphatic heterocycles. The van der Waals surface area contributed by atoms with Gasteiger partial charge in [0.2, 0.25) is 5.89 Å². The number of nitrogens with zero attached hydrogens (tertiary/aromatic N) is 2. The molecule has 0 unspecified atom stereocenters. The molecule has 0 N–H and O–H groups in total. The van der Waals surface area contributed by atoms with Crippen LogP contribution in [0.15, 0.2) is 46.9 Å². The average Bonchev–Trinajstić information content (AvgIpc) is 3.09. The molecule has 0 fully saturated rings. The maximum Gasteiger partial charge on any atom is 0.254 e. The Morgan fingerprint density at radius 3 is 2.62 bits per heavy atom. The number of benzene rings is 2. The second-order valence-corrected chi connectivity index (χ2v) is 5.18. The lowest BCUT2D eigenvalue weighted by Gasteiger charge is -2.09. The molecule has 0 radical (unpaired) electrons. The zero-order chi connectivity index (χ0) is 16.9. The molecular formula is C18H18N2O4. The number of rotatable bonds is 6. The van der Waals surface area contributed by atoms with Crippen molar-refractivity contribution in [1.82, 2.24) is 10.2 Å². The van der Waals surface area contributed by atoms with Crippen LogP contribution in [-0.4, -0.2) is 24.4 Å². The number of hydrogen-bond acceptors (Lipinski definition) is 6. The van der Waals surface area contributed by atoms with Crippen molar-refractivity contribution in [3.8, 4) is 28.7 Å². The summed E-state index contributed by atoms with van der Waals surface area (Å²) in [6.07, 6.45) is 0. The monoisotopic (exact) mass is 326 g/mol. The number of ether oxygens (including phenoxy) is 3. The van der Waals surface area contributed by atoms with Crippen LogP contribution in [0.1, 0.15) is 11.5 Å². The molecule has 3 rings (SSSR count). The first-order valence-corrected chi connectivity index (χ1v) is 7.44. The van der Waals surface area contributed by atoms with Gasteiger partial charge in [0.25, 0.3) is 5.89 Å². The summed E-state index contributed by atoms with van der Waals surface area (Å²) < 4.78 is 21.9. The lowest BCUT2D eigenvalue weighted by atomic mass is 10.2. The Bertz CT molecular complexity index is 829. The molecule has 0 aliphatic carbocycles. The second kappa shape index (κ2) is 7.04. The third-order valence-corrected chi connectivity index (χ3v) is 3.45. The zero-order valence-corrected chi connectivity index (χ0v) is 13.8. The fourth-order valence-corrected chi connectivity index (χ4v) is 2.22. The fourth-order valence-electron chi connectivity index (χ4n) is 2.22. The summed E-state index contributed by atoms with van der Waals surface area (Å²) in [4.78, 5) is 0. The van der Waals surface area contributed by atoms with Crippen molar-refractivity contribution in [1.29, 1.82) is 0 Å².